The molecule has 0 amide bonds. The summed E-state index contributed by atoms with van der Waals surface area (Å²) in [4.78, 5) is 34.2. The molecule has 146 valence electrons. The van der Waals surface area contributed by atoms with Crippen LogP contribution < -0.4 is 15.5 Å². The van der Waals surface area contributed by atoms with Crippen LogP contribution in [0, 0.1) is 10.7 Å². The van der Waals surface area contributed by atoms with Gasteiger partial charge in [0.1, 0.15) is 17.9 Å². The summed E-state index contributed by atoms with van der Waals surface area (Å²) in [5, 5.41) is 15.9. The monoisotopic (exact) mass is 400 g/mol. The molecule has 0 aliphatic carbocycles. The molecule has 0 spiro atoms. The maximum Gasteiger partial charge on any atom is 0.341 e. The summed E-state index contributed by atoms with van der Waals surface area (Å²) in [7, 11) is 1.48. The van der Waals surface area contributed by atoms with Gasteiger partial charge in [-0.15, -0.1) is 17.3 Å². The van der Waals surface area contributed by atoms with Crippen molar-refractivity contribution in [1.29, 1.82) is 0 Å². The van der Waals surface area contributed by atoms with E-state index in [1.807, 2.05) is 0 Å². The molecule has 0 fully saturated rings. The van der Waals surface area contributed by atoms with Crippen LogP contribution in [0.1, 0.15) is 23.3 Å². The lowest BCUT2D eigenvalue weighted by atomic mass is 10.1. The molecule has 1 aromatic carbocycles. The molecule has 0 saturated heterocycles. The highest BCUT2D eigenvalue weighted by atomic mass is 35.5. The van der Waals surface area contributed by atoms with E-state index >= 15 is 0 Å². The minimum atomic E-state index is -1.37. The van der Waals surface area contributed by atoms with Crippen LogP contribution in [-0.4, -0.2) is 47.4 Å². The third-order valence-electron chi connectivity index (χ3n) is 4.27. The van der Waals surface area contributed by atoms with Gasteiger partial charge >= 0.3 is 5.97 Å². The number of nitroso groups, excluding NO2 is 1. The van der Waals surface area contributed by atoms with Gasteiger partial charge in [-0.1, -0.05) is 0 Å². The number of aromatic carboxylic acids is 1. The number of pyridine rings is 1. The first-order valence-corrected chi connectivity index (χ1v) is 7.90. The number of aromatic nitrogens is 1. The molecule has 0 bridgehead atoms. The predicted octanol–water partition coefficient (Wildman–Crippen LogP) is 2.24. The number of benzene rings is 1. The van der Waals surface area contributed by atoms with Gasteiger partial charge in [0, 0.05) is 19.8 Å². The molecule has 2 aromatic rings. The van der Waals surface area contributed by atoms with Crippen LogP contribution in [0.3, 0.4) is 0 Å². The lowest BCUT2D eigenvalue weighted by Crippen LogP contribution is -2.27. The van der Waals surface area contributed by atoms with Crippen LogP contribution >= 0.6 is 12.4 Å². The normalized spacial score (nSPS) is 14.9. The molecule has 3 rings (SSSR count). The van der Waals surface area contributed by atoms with Gasteiger partial charge in [0.05, 0.1) is 28.8 Å². The van der Waals surface area contributed by atoms with Gasteiger partial charge in [0.2, 0.25) is 5.43 Å². The Hall–Kier alpha value is -2.88. The van der Waals surface area contributed by atoms with Crippen LogP contribution in [0.5, 0.6) is 5.75 Å². The van der Waals surface area contributed by atoms with Crippen molar-refractivity contribution in [3.8, 4) is 5.75 Å². The number of anilines is 1. The Balaban J connectivity index is 0.00000261. The topological polar surface area (TPSA) is 113 Å². The quantitative estimate of drug-likeness (QED) is 0.564. The summed E-state index contributed by atoms with van der Waals surface area (Å²) in [6.45, 7) is 2.45. The van der Waals surface area contributed by atoms with Crippen LogP contribution in [0.2, 0.25) is 0 Å². The number of hydrogen-bond acceptors (Lipinski definition) is 6. The number of hydrogen-bond donors (Lipinski definition) is 2. The Morgan fingerprint density at radius 2 is 2.26 bits per heavy atom. The van der Waals surface area contributed by atoms with E-state index in [0.29, 0.717) is 5.52 Å². The highest BCUT2D eigenvalue weighted by molar-refractivity contribution is 5.97. The van der Waals surface area contributed by atoms with Crippen LogP contribution in [0.15, 0.2) is 22.3 Å². The first-order chi connectivity index (χ1) is 12.3. The van der Waals surface area contributed by atoms with Crippen molar-refractivity contribution in [2.45, 2.75) is 13.0 Å². The van der Waals surface area contributed by atoms with E-state index < -0.39 is 22.8 Å². The molecule has 1 aromatic heterocycles. The number of carboxylic acid groups (broad SMARTS) is 1. The lowest BCUT2D eigenvalue weighted by Gasteiger charge is -2.28. The molecule has 1 atom stereocenters. The maximum atomic E-state index is 14.6. The molecule has 0 radical (unpaired) electrons. The lowest BCUT2D eigenvalue weighted by molar-refractivity contribution is 0.0694. The molecule has 0 unspecified atom stereocenters. The second-order valence-electron chi connectivity index (χ2n) is 6.09. The van der Waals surface area contributed by atoms with E-state index in [0.717, 1.165) is 11.1 Å². The van der Waals surface area contributed by atoms with E-state index in [-0.39, 0.29) is 55.0 Å². The van der Waals surface area contributed by atoms with E-state index in [4.69, 9.17) is 4.74 Å². The standard InChI is InChI=1S/C16H17FN4O5.ClH/c1-8-7-26-15-12(18-3-4-20(2)19-25)11(17)5-9-13(15)21(8)6-10(14(9)22)16(23)24;/h5-6,8,18H,3-4,7H2,1-2H3,(H,23,24);1H/t8-;/m0./s1. The van der Waals surface area contributed by atoms with Gasteiger partial charge in [0.25, 0.3) is 0 Å². The Labute approximate surface area is 159 Å². The summed E-state index contributed by atoms with van der Waals surface area (Å²) in [6.07, 6.45) is 1.26. The zero-order valence-corrected chi connectivity index (χ0v) is 15.4. The predicted molar refractivity (Wildman–Crippen MR) is 99.5 cm³/mol. The molecule has 27 heavy (non-hydrogen) atoms. The minimum absolute atomic E-state index is 0. The van der Waals surface area contributed by atoms with Gasteiger partial charge in [-0.3, -0.25) is 9.80 Å². The highest BCUT2D eigenvalue weighted by Crippen LogP contribution is 2.39. The molecule has 2 heterocycles. The van der Waals surface area contributed by atoms with Gasteiger partial charge in [-0.25, -0.2) is 9.18 Å². The van der Waals surface area contributed by atoms with E-state index in [1.165, 1.54) is 13.2 Å². The molecule has 9 nitrogen and oxygen atoms in total. The minimum Gasteiger partial charge on any atom is -0.487 e. The Morgan fingerprint density at radius 1 is 1.56 bits per heavy atom. The summed E-state index contributed by atoms with van der Waals surface area (Å²) in [6, 6.07) is 0.780. The molecule has 11 heteroatoms. The molecular formula is C16H18ClFN4O5. The Kier molecular flexibility index (Phi) is 5.89. The van der Waals surface area contributed by atoms with Crippen LogP contribution in [-0.2, 0) is 0 Å². The third kappa shape index (κ3) is 3.52. The van der Waals surface area contributed by atoms with Crippen molar-refractivity contribution in [2.75, 3.05) is 32.1 Å². The number of nitrogens with one attached hydrogen (secondary N) is 1. The first kappa shape index (κ1) is 20.4. The smallest absolute Gasteiger partial charge is 0.341 e. The Morgan fingerprint density at radius 3 is 2.89 bits per heavy atom. The number of ether oxygens (including phenoxy) is 1. The zero-order valence-electron chi connectivity index (χ0n) is 14.6. The number of rotatable bonds is 6. The largest absolute Gasteiger partial charge is 0.487 e. The van der Waals surface area contributed by atoms with Crippen molar-refractivity contribution in [1.82, 2.24) is 9.58 Å². The summed E-state index contributed by atoms with van der Waals surface area (Å²) in [5.41, 5.74) is -0.793. The number of carbonyl (C=O) groups is 1. The molecular weight excluding hydrogens is 383 g/mol. The zero-order chi connectivity index (χ0) is 19.0. The van der Waals surface area contributed by atoms with Crippen molar-refractivity contribution in [2.24, 2.45) is 5.29 Å². The average molecular weight is 401 g/mol. The number of likely N-dealkylation sites (N-methyl/N-ethyl adjacent to an activating group) is 1. The summed E-state index contributed by atoms with van der Waals surface area (Å²) < 4.78 is 21.9. The highest BCUT2D eigenvalue weighted by Gasteiger charge is 2.27. The Bertz CT molecular complexity index is 964. The van der Waals surface area contributed by atoms with Gasteiger partial charge in [0.15, 0.2) is 11.6 Å². The number of halogens is 2. The average Bonchev–Trinajstić information content (AvgIpc) is 2.60. The van der Waals surface area contributed by atoms with Crippen LogP contribution in [0.4, 0.5) is 10.1 Å². The fourth-order valence-corrected chi connectivity index (χ4v) is 2.93. The SMILES string of the molecule is C[C@H]1COc2c(NCCN(C)N=O)c(F)cc3c(=O)c(C(=O)O)cn1c23.Cl. The van der Waals surface area contributed by atoms with Crippen LogP contribution in [0.25, 0.3) is 10.9 Å². The van der Waals surface area contributed by atoms with E-state index in [1.54, 1.807) is 11.5 Å². The molecule has 1 aliphatic heterocycles. The fourth-order valence-electron chi connectivity index (χ4n) is 2.93. The molecule has 2 N–H and O–H groups in total. The third-order valence-corrected chi connectivity index (χ3v) is 4.27. The first-order valence-electron chi connectivity index (χ1n) is 7.90. The van der Waals surface area contributed by atoms with Crippen molar-refractivity contribution < 1.29 is 19.0 Å². The number of carboxylic acids is 1. The van der Waals surface area contributed by atoms with E-state index in [2.05, 4.69) is 10.6 Å². The summed E-state index contributed by atoms with van der Waals surface area (Å²) in [5.74, 6) is -1.96. The molecule has 0 saturated carbocycles. The van der Waals surface area contributed by atoms with Crippen molar-refractivity contribution >= 4 is 35.0 Å². The molecule has 1 aliphatic rings. The van der Waals surface area contributed by atoms with E-state index in [9.17, 15) is 24.0 Å². The number of nitrogens with zero attached hydrogens (tertiary/aromatic N) is 3. The van der Waals surface area contributed by atoms with Crippen molar-refractivity contribution in [3.63, 3.8) is 0 Å². The van der Waals surface area contributed by atoms with Gasteiger partial charge in [-0.2, -0.15) is 0 Å². The van der Waals surface area contributed by atoms with Gasteiger partial charge < -0.3 is 19.7 Å². The second kappa shape index (κ2) is 7.78. The summed E-state index contributed by atoms with van der Waals surface area (Å²) >= 11 is 0. The van der Waals surface area contributed by atoms with Gasteiger partial charge in [-0.05, 0) is 13.0 Å². The maximum absolute atomic E-state index is 14.6. The second-order valence-corrected chi connectivity index (χ2v) is 6.09. The fraction of sp³-hybridized carbons (Fsp3) is 0.375. The van der Waals surface area contributed by atoms with Crippen molar-refractivity contribution in [3.05, 3.63) is 38.8 Å².